The van der Waals surface area contributed by atoms with Crippen LogP contribution in [0.2, 0.25) is 0 Å². The number of nitrogens with zero attached hydrogens (tertiary/aromatic N) is 2. The zero-order valence-electron chi connectivity index (χ0n) is 11.1. The monoisotopic (exact) mass is 284 g/mol. The molecule has 4 nitrogen and oxygen atoms in total. The lowest BCUT2D eigenvalue weighted by atomic mass is 9.99. The number of hydrogen-bond acceptors (Lipinski definition) is 4. The minimum atomic E-state index is -3.65. The van der Waals surface area contributed by atoms with Crippen molar-refractivity contribution in [1.82, 2.24) is 0 Å². The van der Waals surface area contributed by atoms with Crippen molar-refractivity contribution in [3.05, 3.63) is 46.4 Å². The van der Waals surface area contributed by atoms with E-state index in [9.17, 15) is 8.42 Å². The average molecular weight is 284 g/mol. The molecule has 0 N–H and O–H groups in total. The summed E-state index contributed by atoms with van der Waals surface area (Å²) >= 11 is 0. The Kier molecular flexibility index (Phi) is 3.48. The highest BCUT2D eigenvalue weighted by Crippen LogP contribution is 2.44. The van der Waals surface area contributed by atoms with Gasteiger partial charge in [0.2, 0.25) is 9.84 Å². The van der Waals surface area contributed by atoms with E-state index in [1.807, 2.05) is 13.8 Å². The first kappa shape index (κ1) is 14.0. The second kappa shape index (κ2) is 4.96. The molecule has 0 fully saturated rings. The second-order valence-corrected chi connectivity index (χ2v) is 6.63. The highest BCUT2D eigenvalue weighted by Gasteiger charge is 2.37. The molecular formula is C15H12N2O2S. The second-order valence-electron chi connectivity index (χ2n) is 4.75. The summed E-state index contributed by atoms with van der Waals surface area (Å²) in [5, 5.41) is 18.2. The van der Waals surface area contributed by atoms with E-state index in [2.05, 4.69) is 0 Å². The van der Waals surface area contributed by atoms with Gasteiger partial charge < -0.3 is 0 Å². The molecule has 0 spiro atoms. The van der Waals surface area contributed by atoms with Crippen molar-refractivity contribution < 1.29 is 8.42 Å². The lowest BCUT2D eigenvalue weighted by molar-refractivity contribution is 0.604. The molecule has 0 saturated heterocycles. The molecule has 1 aromatic carbocycles. The number of benzene rings is 1. The zero-order valence-corrected chi connectivity index (χ0v) is 11.9. The molecule has 5 heteroatoms. The Bertz CT molecular complexity index is 800. The van der Waals surface area contributed by atoms with Crippen LogP contribution in [0.25, 0.3) is 5.57 Å². The summed E-state index contributed by atoms with van der Waals surface area (Å²) in [4.78, 5) is 0.219. The van der Waals surface area contributed by atoms with Gasteiger partial charge >= 0.3 is 0 Å². The lowest BCUT2D eigenvalue weighted by Gasteiger charge is -2.03. The highest BCUT2D eigenvalue weighted by atomic mass is 32.2. The first-order valence-electron chi connectivity index (χ1n) is 6.04. The molecule has 0 aliphatic carbocycles. The van der Waals surface area contributed by atoms with Crippen molar-refractivity contribution in [2.24, 2.45) is 5.92 Å². The molecular weight excluding hydrogens is 272 g/mol. The Labute approximate surface area is 118 Å². The van der Waals surface area contributed by atoms with E-state index in [0.29, 0.717) is 5.56 Å². The van der Waals surface area contributed by atoms with Gasteiger partial charge in [0.05, 0.1) is 9.80 Å². The van der Waals surface area contributed by atoms with Crippen molar-refractivity contribution in [2.45, 2.75) is 18.7 Å². The number of sulfone groups is 1. The molecule has 0 radical (unpaired) electrons. The maximum absolute atomic E-state index is 12.5. The van der Waals surface area contributed by atoms with E-state index in [1.54, 1.807) is 36.4 Å². The summed E-state index contributed by atoms with van der Waals surface area (Å²) in [6.45, 7) is 3.70. The molecule has 0 aromatic heterocycles. The van der Waals surface area contributed by atoms with Crippen molar-refractivity contribution in [1.29, 1.82) is 10.5 Å². The SMILES string of the molecule is CC(C)/C=C1/C(=C(C#N)C#N)c2ccccc2S1(=O)=O. The first-order chi connectivity index (χ1) is 9.43. The number of rotatable bonds is 1. The summed E-state index contributed by atoms with van der Waals surface area (Å²) in [7, 11) is -3.65. The fourth-order valence-corrected chi connectivity index (χ4v) is 4.05. The number of fused-ring (bicyclic) bond motifs is 1. The summed E-state index contributed by atoms with van der Waals surface area (Å²) in [5.74, 6) is -0.0114. The Morgan fingerprint density at radius 3 is 2.35 bits per heavy atom. The van der Waals surface area contributed by atoms with E-state index < -0.39 is 9.84 Å². The molecule has 0 amide bonds. The van der Waals surface area contributed by atoms with Gasteiger partial charge in [-0.3, -0.25) is 0 Å². The number of nitriles is 2. The van der Waals surface area contributed by atoms with Crippen molar-refractivity contribution in [3.63, 3.8) is 0 Å². The van der Waals surface area contributed by atoms with Gasteiger partial charge in [0.1, 0.15) is 17.7 Å². The summed E-state index contributed by atoms with van der Waals surface area (Å²) < 4.78 is 25.1. The maximum Gasteiger partial charge on any atom is 0.207 e. The molecule has 100 valence electrons. The van der Waals surface area contributed by atoms with E-state index in [0.717, 1.165) is 0 Å². The van der Waals surface area contributed by atoms with Crippen LogP contribution in [0.4, 0.5) is 0 Å². The van der Waals surface area contributed by atoms with Gasteiger partial charge in [-0.05, 0) is 12.0 Å². The molecule has 0 unspecified atom stereocenters. The largest absolute Gasteiger partial charge is 0.218 e. The van der Waals surface area contributed by atoms with Crippen molar-refractivity contribution in [3.8, 4) is 12.1 Å². The standard InChI is InChI=1S/C15H12N2O2S/c1-10(2)7-14-15(11(8-16)9-17)12-5-3-4-6-13(12)20(14,18)19/h3-7,10H,1-2H3/b14-7-. The molecule has 1 aromatic rings. The topological polar surface area (TPSA) is 81.7 Å². The normalized spacial score (nSPS) is 17.6. The van der Waals surface area contributed by atoms with Gasteiger partial charge in [-0.1, -0.05) is 38.1 Å². The molecule has 1 heterocycles. The fraction of sp³-hybridized carbons (Fsp3) is 0.200. The van der Waals surface area contributed by atoms with Crippen LogP contribution in [0.5, 0.6) is 0 Å². The molecule has 0 bridgehead atoms. The van der Waals surface area contributed by atoms with Gasteiger partial charge in [-0.25, -0.2) is 8.42 Å². The Morgan fingerprint density at radius 1 is 1.20 bits per heavy atom. The van der Waals surface area contributed by atoms with Crippen molar-refractivity contribution in [2.75, 3.05) is 0 Å². The molecule has 1 aliphatic rings. The number of hydrogen-bond donors (Lipinski definition) is 0. The van der Waals surface area contributed by atoms with Gasteiger partial charge in [0.25, 0.3) is 0 Å². The van der Waals surface area contributed by atoms with E-state index in [4.69, 9.17) is 10.5 Å². The van der Waals surface area contributed by atoms with Crippen LogP contribution in [0.1, 0.15) is 19.4 Å². The van der Waals surface area contributed by atoms with Crippen LogP contribution in [0.3, 0.4) is 0 Å². The first-order valence-corrected chi connectivity index (χ1v) is 7.53. The van der Waals surface area contributed by atoms with Gasteiger partial charge in [-0.2, -0.15) is 10.5 Å². The Morgan fingerprint density at radius 2 is 1.80 bits per heavy atom. The predicted octanol–water partition coefficient (Wildman–Crippen LogP) is 2.81. The summed E-state index contributed by atoms with van der Waals surface area (Å²) in [5.41, 5.74) is 0.474. The van der Waals surface area contributed by atoms with Crippen LogP contribution in [0, 0.1) is 28.6 Å². The lowest BCUT2D eigenvalue weighted by Crippen LogP contribution is -2.00. The van der Waals surface area contributed by atoms with Crippen LogP contribution >= 0.6 is 0 Å². The van der Waals surface area contributed by atoms with Gasteiger partial charge in [-0.15, -0.1) is 0 Å². The number of allylic oxidation sites excluding steroid dienone is 3. The maximum atomic E-state index is 12.5. The molecule has 2 rings (SSSR count). The van der Waals surface area contributed by atoms with Gasteiger partial charge in [0.15, 0.2) is 0 Å². The Hall–Kier alpha value is -2.37. The van der Waals surface area contributed by atoms with Crippen LogP contribution in [-0.2, 0) is 9.84 Å². The van der Waals surface area contributed by atoms with Crippen LogP contribution in [-0.4, -0.2) is 8.42 Å². The molecule has 20 heavy (non-hydrogen) atoms. The summed E-state index contributed by atoms with van der Waals surface area (Å²) in [6, 6.07) is 10.0. The van der Waals surface area contributed by atoms with E-state index >= 15 is 0 Å². The van der Waals surface area contributed by atoms with Crippen LogP contribution in [0.15, 0.2) is 45.7 Å². The third-order valence-electron chi connectivity index (χ3n) is 2.94. The average Bonchev–Trinajstić information content (AvgIpc) is 2.62. The van der Waals surface area contributed by atoms with E-state index in [1.165, 1.54) is 6.07 Å². The third-order valence-corrected chi connectivity index (χ3v) is 4.79. The molecule has 1 aliphatic heterocycles. The molecule has 0 saturated carbocycles. The minimum absolute atomic E-state index is 0.0114. The smallest absolute Gasteiger partial charge is 0.207 e. The zero-order chi connectivity index (χ0) is 14.9. The highest BCUT2D eigenvalue weighted by molar-refractivity contribution is 7.96. The van der Waals surface area contributed by atoms with Gasteiger partial charge in [0, 0.05) is 11.1 Å². The van der Waals surface area contributed by atoms with Crippen LogP contribution < -0.4 is 0 Å². The summed E-state index contributed by atoms with van der Waals surface area (Å²) in [6.07, 6.45) is 1.58. The Balaban J connectivity index is 2.96. The quantitative estimate of drug-likeness (QED) is 0.742. The van der Waals surface area contributed by atoms with Crippen molar-refractivity contribution >= 4 is 15.4 Å². The third kappa shape index (κ3) is 2.03. The van der Waals surface area contributed by atoms with E-state index in [-0.39, 0.29) is 26.9 Å². The molecule has 0 atom stereocenters. The minimum Gasteiger partial charge on any atom is -0.218 e. The predicted molar refractivity (Wildman–Crippen MR) is 74.7 cm³/mol. The fourth-order valence-electron chi connectivity index (χ4n) is 2.16.